The minimum absolute atomic E-state index is 0.0271. The molecule has 0 N–H and O–H groups in total. The van der Waals surface area contributed by atoms with Gasteiger partial charge in [0.1, 0.15) is 18.8 Å². The van der Waals surface area contributed by atoms with E-state index in [0.717, 1.165) is 5.56 Å². The molecule has 0 spiro atoms. The van der Waals surface area contributed by atoms with Crippen LogP contribution < -0.4 is 0 Å². The quantitative estimate of drug-likeness (QED) is 0.268. The average molecular weight is 420 g/mol. The van der Waals surface area contributed by atoms with E-state index in [2.05, 4.69) is 40.4 Å². The Morgan fingerprint density at radius 3 is 2.41 bits per heavy atom. The summed E-state index contributed by atoms with van der Waals surface area (Å²) in [6.07, 6.45) is 0.0822. The summed E-state index contributed by atoms with van der Waals surface area (Å²) in [5.41, 5.74) is 0.928. The van der Waals surface area contributed by atoms with Crippen LogP contribution in [-0.4, -0.2) is 50.1 Å². The number of esters is 1. The first-order valence-electron chi connectivity index (χ1n) is 9.91. The molecule has 1 aromatic rings. The fraction of sp³-hybridized carbons (Fsp3) is 0.545. The number of nitrogens with zero attached hydrogens (tertiary/aromatic N) is 1. The van der Waals surface area contributed by atoms with Gasteiger partial charge in [-0.2, -0.15) is 0 Å². The van der Waals surface area contributed by atoms with Crippen molar-refractivity contribution in [2.75, 3.05) is 6.54 Å². The lowest BCUT2D eigenvalue weighted by molar-refractivity contribution is -0.148. The molecule has 0 saturated carbocycles. The lowest BCUT2D eigenvalue weighted by Crippen LogP contribution is -2.50. The highest BCUT2D eigenvalue weighted by atomic mass is 28.4. The molecule has 0 aliphatic carbocycles. The number of carbonyl (C=O) groups is 2. The van der Waals surface area contributed by atoms with Crippen molar-refractivity contribution in [2.45, 2.75) is 70.7 Å². The summed E-state index contributed by atoms with van der Waals surface area (Å²) in [5.74, 6) is -0.405. The molecule has 2 rings (SSSR count). The second kappa shape index (κ2) is 9.13. The number of rotatable bonds is 8. The van der Waals surface area contributed by atoms with E-state index in [1.54, 1.807) is 11.0 Å². The Labute approximate surface area is 175 Å². The van der Waals surface area contributed by atoms with Crippen LogP contribution in [0, 0.1) is 0 Å². The monoisotopic (exact) mass is 419 g/mol. The van der Waals surface area contributed by atoms with Crippen molar-refractivity contribution in [1.82, 2.24) is 4.90 Å². The van der Waals surface area contributed by atoms with Crippen LogP contribution in [0.15, 0.2) is 43.0 Å². The normalized spacial score (nSPS) is 18.6. The third-order valence-electron chi connectivity index (χ3n) is 5.56. The van der Waals surface area contributed by atoms with Crippen LogP contribution in [0.4, 0.5) is 4.79 Å². The summed E-state index contributed by atoms with van der Waals surface area (Å²) in [7, 11) is -2.17. The van der Waals surface area contributed by atoms with Gasteiger partial charge in [0.15, 0.2) is 8.32 Å². The van der Waals surface area contributed by atoms with E-state index in [-0.39, 0.29) is 17.7 Å². The molecule has 7 heteroatoms. The van der Waals surface area contributed by atoms with Crippen molar-refractivity contribution in [1.29, 1.82) is 0 Å². The molecule has 1 aromatic carbocycles. The minimum atomic E-state index is -2.17. The van der Waals surface area contributed by atoms with Gasteiger partial charge in [-0.25, -0.2) is 4.79 Å². The van der Waals surface area contributed by atoms with E-state index < -0.39 is 32.6 Å². The molecular weight excluding hydrogens is 386 g/mol. The van der Waals surface area contributed by atoms with Crippen molar-refractivity contribution in [3.8, 4) is 0 Å². The first-order valence-corrected chi connectivity index (χ1v) is 12.8. The van der Waals surface area contributed by atoms with E-state index in [4.69, 9.17) is 13.9 Å². The van der Waals surface area contributed by atoms with Gasteiger partial charge in [0.05, 0.1) is 6.04 Å². The van der Waals surface area contributed by atoms with Crippen LogP contribution in [0.5, 0.6) is 0 Å². The van der Waals surface area contributed by atoms with E-state index in [1.165, 1.54) is 6.92 Å². The number of benzene rings is 1. The summed E-state index contributed by atoms with van der Waals surface area (Å²) in [6, 6.07) is 9.32. The second-order valence-corrected chi connectivity index (χ2v) is 13.7. The van der Waals surface area contributed by atoms with Crippen molar-refractivity contribution < 1.29 is 23.5 Å². The zero-order chi connectivity index (χ0) is 21.8. The number of hydrogen-bond donors (Lipinski definition) is 0. The van der Waals surface area contributed by atoms with Crippen LogP contribution in [-0.2, 0) is 25.3 Å². The van der Waals surface area contributed by atoms with Gasteiger partial charge in [0.25, 0.3) is 0 Å². The summed E-state index contributed by atoms with van der Waals surface area (Å²) >= 11 is 0. The Bertz CT molecular complexity index is 728. The topological polar surface area (TPSA) is 64.8 Å². The summed E-state index contributed by atoms with van der Waals surface area (Å²) in [5, 5.41) is -0.0271. The third-order valence-corrected chi connectivity index (χ3v) is 10.0. The highest BCUT2D eigenvalue weighted by Crippen LogP contribution is 2.40. The molecule has 3 atom stereocenters. The molecule has 29 heavy (non-hydrogen) atoms. The van der Waals surface area contributed by atoms with Crippen molar-refractivity contribution >= 4 is 20.4 Å². The molecular formula is C22H33NO5Si. The number of hydrogen-bond acceptors (Lipinski definition) is 5. The molecule has 0 aromatic heterocycles. The molecule has 1 fully saturated rings. The van der Waals surface area contributed by atoms with Gasteiger partial charge < -0.3 is 13.9 Å². The standard InChI is InChI=1S/C22H33NO5Si/c1-8-19(27-16(2)24)20(28-29(6,7)22(3,4)5)18-14-23(18)21(25)26-15-17-12-10-9-11-13-17/h8-13,18-20H,1,14-15H2,2-7H3/t18-,19+,20+,23?/m0/s1. The average Bonchev–Trinajstić information content (AvgIpc) is 3.43. The lowest BCUT2D eigenvalue weighted by Gasteiger charge is -2.40. The van der Waals surface area contributed by atoms with Crippen molar-refractivity contribution in [3.63, 3.8) is 0 Å². The fourth-order valence-corrected chi connectivity index (χ4v) is 4.10. The lowest BCUT2D eigenvalue weighted by atomic mass is 10.1. The van der Waals surface area contributed by atoms with Crippen molar-refractivity contribution in [3.05, 3.63) is 48.6 Å². The van der Waals surface area contributed by atoms with Gasteiger partial charge in [-0.3, -0.25) is 9.69 Å². The highest BCUT2D eigenvalue weighted by Gasteiger charge is 2.52. The first kappa shape index (κ1) is 23.2. The van der Waals surface area contributed by atoms with Gasteiger partial charge in [-0.1, -0.05) is 57.7 Å². The Balaban J connectivity index is 2.09. The third kappa shape index (κ3) is 6.18. The molecule has 0 radical (unpaired) electrons. The van der Waals surface area contributed by atoms with Gasteiger partial charge in [-0.05, 0) is 29.8 Å². The van der Waals surface area contributed by atoms with E-state index in [0.29, 0.717) is 6.54 Å². The van der Waals surface area contributed by atoms with Gasteiger partial charge in [0.2, 0.25) is 0 Å². The molecule has 0 bridgehead atoms. The number of carbonyl (C=O) groups excluding carboxylic acids is 2. The van der Waals surface area contributed by atoms with Gasteiger partial charge in [-0.15, -0.1) is 0 Å². The fourth-order valence-electron chi connectivity index (χ4n) is 2.77. The second-order valence-electron chi connectivity index (χ2n) is 8.91. The Morgan fingerprint density at radius 2 is 1.90 bits per heavy atom. The molecule has 1 aliphatic rings. The smallest absolute Gasteiger partial charge is 0.410 e. The number of ether oxygens (including phenoxy) is 2. The molecule has 1 aliphatic heterocycles. The minimum Gasteiger partial charge on any atom is -0.456 e. The van der Waals surface area contributed by atoms with E-state index in [9.17, 15) is 9.59 Å². The van der Waals surface area contributed by atoms with Crippen LogP contribution in [0.3, 0.4) is 0 Å². The van der Waals surface area contributed by atoms with Crippen LogP contribution in [0.1, 0.15) is 33.3 Å². The Kier molecular flexibility index (Phi) is 7.29. The van der Waals surface area contributed by atoms with Crippen LogP contribution in [0.2, 0.25) is 18.1 Å². The first-order chi connectivity index (χ1) is 13.5. The molecule has 1 amide bonds. The molecule has 160 valence electrons. The zero-order valence-electron chi connectivity index (χ0n) is 18.3. The molecule has 6 nitrogen and oxygen atoms in total. The summed E-state index contributed by atoms with van der Waals surface area (Å²) in [6.45, 7) is 16.6. The van der Waals surface area contributed by atoms with E-state index in [1.807, 2.05) is 30.3 Å². The van der Waals surface area contributed by atoms with Gasteiger partial charge >= 0.3 is 12.1 Å². The maximum atomic E-state index is 12.5. The summed E-state index contributed by atoms with van der Waals surface area (Å²) in [4.78, 5) is 25.7. The highest BCUT2D eigenvalue weighted by molar-refractivity contribution is 6.74. The largest absolute Gasteiger partial charge is 0.456 e. The van der Waals surface area contributed by atoms with Crippen molar-refractivity contribution in [2.24, 2.45) is 0 Å². The summed E-state index contributed by atoms with van der Waals surface area (Å²) < 4.78 is 17.4. The maximum Gasteiger partial charge on any atom is 0.410 e. The molecule has 0 unspecified atom stereocenters. The predicted molar refractivity (Wildman–Crippen MR) is 115 cm³/mol. The zero-order valence-corrected chi connectivity index (χ0v) is 19.3. The van der Waals surface area contributed by atoms with Crippen LogP contribution in [0.25, 0.3) is 0 Å². The molecule has 1 heterocycles. The Hall–Kier alpha value is -2.12. The van der Waals surface area contributed by atoms with Gasteiger partial charge in [0, 0.05) is 13.5 Å². The SMILES string of the molecule is C=C[C@@H](OC(C)=O)[C@H](O[Si](C)(C)C(C)(C)C)[C@@H]1CN1C(=O)OCc1ccccc1. The maximum absolute atomic E-state index is 12.5. The van der Waals surface area contributed by atoms with Crippen LogP contribution >= 0.6 is 0 Å². The predicted octanol–water partition coefficient (Wildman–Crippen LogP) is 4.52. The van der Waals surface area contributed by atoms with E-state index >= 15 is 0 Å². The Morgan fingerprint density at radius 1 is 1.28 bits per heavy atom. The molecule has 1 saturated heterocycles. The number of amides is 1.